The van der Waals surface area contributed by atoms with Gasteiger partial charge in [0.25, 0.3) is 0 Å². The number of hydrogen-bond donors (Lipinski definition) is 2. The van der Waals surface area contributed by atoms with Gasteiger partial charge in [-0.25, -0.2) is 4.79 Å². The fourth-order valence-electron chi connectivity index (χ4n) is 3.06. The number of nitrogens with zero attached hydrogens (tertiary/aromatic N) is 2. The molecule has 2 heterocycles. The summed E-state index contributed by atoms with van der Waals surface area (Å²) in [4.78, 5) is 12.2. The summed E-state index contributed by atoms with van der Waals surface area (Å²) >= 11 is 0. The average Bonchev–Trinajstić information content (AvgIpc) is 3.09. The Kier molecular flexibility index (Phi) is 4.55. The Morgan fingerprint density at radius 2 is 1.96 bits per heavy atom. The molecule has 2 aromatic carbocycles. The molecule has 1 aliphatic heterocycles. The summed E-state index contributed by atoms with van der Waals surface area (Å²) in [7, 11) is 0. The first-order valence-electron chi connectivity index (χ1n) is 8.61. The maximum atomic E-state index is 12.2. The van der Waals surface area contributed by atoms with E-state index in [1.165, 1.54) is 0 Å². The molecule has 6 nitrogen and oxygen atoms in total. The number of hydrogen-bond acceptors (Lipinski definition) is 3. The van der Waals surface area contributed by atoms with E-state index < -0.39 is 0 Å². The third-order valence-corrected chi connectivity index (χ3v) is 4.29. The van der Waals surface area contributed by atoms with E-state index >= 15 is 0 Å². The number of fused-ring (bicyclic) bond motifs is 1. The largest absolute Gasteiger partial charge is 0.491 e. The van der Waals surface area contributed by atoms with Gasteiger partial charge in [0.2, 0.25) is 0 Å². The molecule has 2 amide bonds. The third kappa shape index (κ3) is 3.85. The van der Waals surface area contributed by atoms with Crippen molar-refractivity contribution >= 4 is 11.7 Å². The van der Waals surface area contributed by atoms with Crippen LogP contribution in [0.5, 0.6) is 5.75 Å². The van der Waals surface area contributed by atoms with E-state index in [4.69, 9.17) is 4.74 Å². The number of urea groups is 1. The van der Waals surface area contributed by atoms with Crippen molar-refractivity contribution in [1.29, 1.82) is 0 Å². The number of rotatable bonds is 4. The van der Waals surface area contributed by atoms with Crippen LogP contribution in [0.4, 0.5) is 10.5 Å². The van der Waals surface area contributed by atoms with Crippen molar-refractivity contribution in [3.8, 4) is 5.75 Å². The number of aromatic nitrogens is 2. The first kappa shape index (κ1) is 16.2. The van der Waals surface area contributed by atoms with Gasteiger partial charge in [0, 0.05) is 6.20 Å². The summed E-state index contributed by atoms with van der Waals surface area (Å²) in [5.74, 6) is 0.896. The Morgan fingerprint density at radius 1 is 1.15 bits per heavy atom. The predicted molar refractivity (Wildman–Crippen MR) is 99.4 cm³/mol. The Bertz CT molecular complexity index is 892. The Morgan fingerprint density at radius 3 is 2.85 bits per heavy atom. The second-order valence-electron chi connectivity index (χ2n) is 6.33. The highest BCUT2D eigenvalue weighted by Crippen LogP contribution is 2.23. The van der Waals surface area contributed by atoms with Crippen LogP contribution in [0.25, 0.3) is 0 Å². The monoisotopic (exact) mass is 348 g/mol. The fraction of sp³-hybridized carbons (Fsp3) is 0.200. The Hall–Kier alpha value is -3.28. The maximum Gasteiger partial charge on any atom is 0.319 e. The van der Waals surface area contributed by atoms with Gasteiger partial charge >= 0.3 is 6.03 Å². The number of nitrogens with one attached hydrogen (secondary N) is 2. The molecule has 0 saturated heterocycles. The van der Waals surface area contributed by atoms with Crippen LogP contribution in [0.1, 0.15) is 11.1 Å². The van der Waals surface area contributed by atoms with E-state index in [0.717, 1.165) is 23.3 Å². The van der Waals surface area contributed by atoms with Gasteiger partial charge in [0.05, 0.1) is 24.5 Å². The van der Waals surface area contributed by atoms with Crippen molar-refractivity contribution in [3.05, 3.63) is 78.1 Å². The number of carbonyl (C=O) groups excluding carboxylic acids is 1. The van der Waals surface area contributed by atoms with Crippen molar-refractivity contribution in [1.82, 2.24) is 15.1 Å². The van der Waals surface area contributed by atoms with Gasteiger partial charge in [0.15, 0.2) is 0 Å². The maximum absolute atomic E-state index is 12.2. The molecule has 3 aromatic rings. The third-order valence-electron chi connectivity index (χ3n) is 4.29. The minimum absolute atomic E-state index is 0.0516. The van der Waals surface area contributed by atoms with Gasteiger partial charge in [-0.1, -0.05) is 48.5 Å². The Balaban J connectivity index is 1.31. The molecule has 0 aliphatic carbocycles. The van der Waals surface area contributed by atoms with E-state index in [-0.39, 0.29) is 12.1 Å². The summed E-state index contributed by atoms with van der Waals surface area (Å²) in [5.41, 5.74) is 2.93. The van der Waals surface area contributed by atoms with Gasteiger partial charge in [-0.05, 0) is 23.6 Å². The van der Waals surface area contributed by atoms with Crippen molar-refractivity contribution < 1.29 is 9.53 Å². The van der Waals surface area contributed by atoms with E-state index in [1.807, 2.05) is 60.8 Å². The highest BCUT2D eigenvalue weighted by molar-refractivity contribution is 5.89. The smallest absolute Gasteiger partial charge is 0.319 e. The van der Waals surface area contributed by atoms with Gasteiger partial charge < -0.3 is 15.4 Å². The summed E-state index contributed by atoms with van der Waals surface area (Å²) in [6, 6.07) is 17.7. The number of benzene rings is 2. The van der Waals surface area contributed by atoms with Crippen LogP contribution in [-0.2, 0) is 13.0 Å². The fourth-order valence-corrected chi connectivity index (χ4v) is 3.06. The lowest BCUT2D eigenvalue weighted by Gasteiger charge is -2.25. The number of ether oxygens (including phenoxy) is 1. The first-order chi connectivity index (χ1) is 12.8. The molecule has 0 saturated carbocycles. The standard InChI is InChI=1S/C20H20N4O2/c25-20(22-17-10-16-8-4-5-9-19(16)26-14-17)23-18-11-21-24(13-18)12-15-6-2-1-3-7-15/h1-9,11,13,17H,10,12,14H2,(H2,22,23,25). The van der Waals surface area contributed by atoms with E-state index in [1.54, 1.807) is 10.9 Å². The topological polar surface area (TPSA) is 68.2 Å². The Labute approximate surface area is 151 Å². The van der Waals surface area contributed by atoms with Crippen LogP contribution in [-0.4, -0.2) is 28.5 Å². The lowest BCUT2D eigenvalue weighted by Crippen LogP contribution is -2.44. The zero-order chi connectivity index (χ0) is 17.8. The average molecular weight is 348 g/mol. The minimum atomic E-state index is -0.253. The quantitative estimate of drug-likeness (QED) is 0.761. The van der Waals surface area contributed by atoms with Crippen LogP contribution in [0, 0.1) is 0 Å². The van der Waals surface area contributed by atoms with Crippen molar-refractivity contribution in [2.24, 2.45) is 0 Å². The molecule has 1 aromatic heterocycles. The molecule has 2 N–H and O–H groups in total. The minimum Gasteiger partial charge on any atom is -0.491 e. The molecule has 0 radical (unpaired) electrons. The van der Waals surface area contributed by atoms with Gasteiger partial charge in [-0.3, -0.25) is 4.68 Å². The van der Waals surface area contributed by atoms with Crippen molar-refractivity contribution in [2.45, 2.75) is 19.0 Å². The number of carbonyl (C=O) groups is 1. The molecule has 1 unspecified atom stereocenters. The second kappa shape index (κ2) is 7.31. The lowest BCUT2D eigenvalue weighted by atomic mass is 10.0. The molecule has 4 rings (SSSR count). The van der Waals surface area contributed by atoms with Crippen LogP contribution in [0.3, 0.4) is 0 Å². The molecule has 0 fully saturated rings. The number of para-hydroxylation sites is 1. The summed E-state index contributed by atoms with van der Waals surface area (Å²) in [6.45, 7) is 1.13. The normalized spacial score (nSPS) is 15.6. The van der Waals surface area contributed by atoms with E-state index in [2.05, 4.69) is 15.7 Å². The van der Waals surface area contributed by atoms with Gasteiger partial charge in [0.1, 0.15) is 12.4 Å². The van der Waals surface area contributed by atoms with Crippen LogP contribution >= 0.6 is 0 Å². The second-order valence-corrected chi connectivity index (χ2v) is 6.33. The predicted octanol–water partition coefficient (Wildman–Crippen LogP) is 3.06. The summed E-state index contributed by atoms with van der Waals surface area (Å²) in [6.07, 6.45) is 4.23. The van der Waals surface area contributed by atoms with Crippen LogP contribution in [0.2, 0.25) is 0 Å². The number of anilines is 1. The van der Waals surface area contributed by atoms with Crippen LogP contribution < -0.4 is 15.4 Å². The molecule has 26 heavy (non-hydrogen) atoms. The highest BCUT2D eigenvalue weighted by Gasteiger charge is 2.21. The van der Waals surface area contributed by atoms with Gasteiger partial charge in [-0.15, -0.1) is 0 Å². The van der Waals surface area contributed by atoms with Crippen LogP contribution in [0.15, 0.2) is 67.0 Å². The summed E-state index contributed by atoms with van der Waals surface area (Å²) < 4.78 is 7.50. The zero-order valence-electron chi connectivity index (χ0n) is 14.3. The van der Waals surface area contributed by atoms with E-state index in [9.17, 15) is 4.79 Å². The molecule has 6 heteroatoms. The lowest BCUT2D eigenvalue weighted by molar-refractivity contribution is 0.222. The molecule has 132 valence electrons. The van der Waals surface area contributed by atoms with Crippen molar-refractivity contribution in [2.75, 3.05) is 11.9 Å². The molecular formula is C20H20N4O2. The molecular weight excluding hydrogens is 328 g/mol. The molecule has 1 atom stereocenters. The molecule has 1 aliphatic rings. The first-order valence-corrected chi connectivity index (χ1v) is 8.61. The summed E-state index contributed by atoms with van der Waals surface area (Å²) in [5, 5.41) is 10.1. The molecule has 0 spiro atoms. The van der Waals surface area contributed by atoms with Crippen molar-refractivity contribution in [3.63, 3.8) is 0 Å². The number of amides is 2. The van der Waals surface area contributed by atoms with Gasteiger partial charge in [-0.2, -0.15) is 5.10 Å². The molecule has 0 bridgehead atoms. The highest BCUT2D eigenvalue weighted by atomic mass is 16.5. The van der Waals surface area contributed by atoms with E-state index in [0.29, 0.717) is 18.8 Å². The zero-order valence-corrected chi connectivity index (χ0v) is 14.3. The SMILES string of the molecule is O=C(Nc1cnn(Cc2ccccc2)c1)NC1COc2ccccc2C1.